The van der Waals surface area contributed by atoms with E-state index in [4.69, 9.17) is 4.74 Å². The van der Waals surface area contributed by atoms with Gasteiger partial charge in [-0.15, -0.1) is 0 Å². The van der Waals surface area contributed by atoms with Crippen molar-refractivity contribution in [2.45, 2.75) is 51.3 Å². The van der Waals surface area contributed by atoms with Crippen molar-refractivity contribution in [2.75, 3.05) is 20.1 Å². The standard InChI is InChI=1S/C19H25N3O2/c1-19(2,3)22-17(12-20)16-11-14(5-6-15(16)18(22)23)24-13-7-9-21(4)10-8-13/h5-6,11,13,17H,7-10H2,1-4H3. The second-order valence-electron chi connectivity index (χ2n) is 7.75. The first-order valence-electron chi connectivity index (χ1n) is 8.53. The summed E-state index contributed by atoms with van der Waals surface area (Å²) < 4.78 is 6.11. The van der Waals surface area contributed by atoms with Crippen molar-refractivity contribution in [2.24, 2.45) is 0 Å². The average Bonchev–Trinajstić information content (AvgIpc) is 2.81. The molecule has 3 rings (SSSR count). The van der Waals surface area contributed by atoms with E-state index in [9.17, 15) is 10.1 Å². The molecule has 2 aliphatic heterocycles. The van der Waals surface area contributed by atoms with Gasteiger partial charge in [-0.05, 0) is 58.9 Å². The molecule has 2 heterocycles. The molecule has 0 saturated carbocycles. The molecule has 1 amide bonds. The summed E-state index contributed by atoms with van der Waals surface area (Å²) in [5, 5.41) is 9.62. The minimum atomic E-state index is -0.548. The molecule has 0 bridgehead atoms. The number of nitrogens with zero attached hydrogens (tertiary/aromatic N) is 3. The minimum Gasteiger partial charge on any atom is -0.490 e. The average molecular weight is 327 g/mol. The smallest absolute Gasteiger partial charge is 0.256 e. The summed E-state index contributed by atoms with van der Waals surface area (Å²) in [6.45, 7) is 7.94. The number of carbonyl (C=O) groups excluding carboxylic acids is 1. The molecule has 0 aromatic heterocycles. The number of amides is 1. The number of piperidine rings is 1. The van der Waals surface area contributed by atoms with Crippen molar-refractivity contribution in [1.82, 2.24) is 9.80 Å². The van der Waals surface area contributed by atoms with Gasteiger partial charge in [-0.3, -0.25) is 4.79 Å². The molecule has 5 nitrogen and oxygen atoms in total. The Bertz CT molecular complexity index is 679. The number of hydrogen-bond acceptors (Lipinski definition) is 4. The summed E-state index contributed by atoms with van der Waals surface area (Å²) in [5.41, 5.74) is 0.987. The maximum absolute atomic E-state index is 12.7. The highest BCUT2D eigenvalue weighted by Gasteiger charge is 2.42. The number of benzene rings is 1. The van der Waals surface area contributed by atoms with Crippen LogP contribution in [0.15, 0.2) is 18.2 Å². The van der Waals surface area contributed by atoms with Gasteiger partial charge in [0.25, 0.3) is 5.91 Å². The summed E-state index contributed by atoms with van der Waals surface area (Å²) in [6.07, 6.45) is 2.21. The van der Waals surface area contributed by atoms with Crippen LogP contribution in [0.3, 0.4) is 0 Å². The second kappa shape index (κ2) is 6.10. The van der Waals surface area contributed by atoms with Gasteiger partial charge < -0.3 is 14.5 Å². The lowest BCUT2D eigenvalue weighted by atomic mass is 10.0. The number of hydrogen-bond donors (Lipinski definition) is 0. The van der Waals surface area contributed by atoms with Crippen molar-refractivity contribution in [3.8, 4) is 11.8 Å². The van der Waals surface area contributed by atoms with Crippen molar-refractivity contribution in [3.63, 3.8) is 0 Å². The Morgan fingerprint density at radius 1 is 1.25 bits per heavy atom. The summed E-state index contributed by atoms with van der Waals surface area (Å²) in [5.74, 6) is 0.682. The predicted octanol–water partition coefficient (Wildman–Crippen LogP) is 2.98. The molecular weight excluding hydrogens is 302 g/mol. The lowest BCUT2D eigenvalue weighted by molar-refractivity contribution is 0.0567. The van der Waals surface area contributed by atoms with Crippen LogP contribution in [0.4, 0.5) is 0 Å². The maximum Gasteiger partial charge on any atom is 0.256 e. The van der Waals surface area contributed by atoms with Gasteiger partial charge in [-0.2, -0.15) is 5.26 Å². The van der Waals surface area contributed by atoms with Gasteiger partial charge in [-0.25, -0.2) is 0 Å². The predicted molar refractivity (Wildman–Crippen MR) is 91.9 cm³/mol. The van der Waals surface area contributed by atoms with E-state index in [0.29, 0.717) is 5.56 Å². The molecule has 1 unspecified atom stereocenters. The third kappa shape index (κ3) is 2.99. The Morgan fingerprint density at radius 2 is 1.92 bits per heavy atom. The van der Waals surface area contributed by atoms with Gasteiger partial charge >= 0.3 is 0 Å². The molecule has 1 aromatic carbocycles. The van der Waals surface area contributed by atoms with Gasteiger partial charge in [0.15, 0.2) is 0 Å². The summed E-state index contributed by atoms with van der Waals surface area (Å²) in [4.78, 5) is 16.6. The fourth-order valence-electron chi connectivity index (χ4n) is 3.54. The van der Waals surface area contributed by atoms with Crippen LogP contribution in [-0.4, -0.2) is 47.5 Å². The first kappa shape index (κ1) is 16.8. The first-order valence-corrected chi connectivity index (χ1v) is 8.53. The molecule has 5 heteroatoms. The zero-order valence-corrected chi connectivity index (χ0v) is 14.9. The monoisotopic (exact) mass is 327 g/mol. The highest BCUT2D eigenvalue weighted by molar-refractivity contribution is 6.00. The molecule has 0 radical (unpaired) electrons. The third-order valence-electron chi connectivity index (χ3n) is 4.84. The maximum atomic E-state index is 12.7. The normalized spacial score (nSPS) is 22.4. The molecule has 24 heavy (non-hydrogen) atoms. The van der Waals surface area contributed by atoms with E-state index in [1.165, 1.54) is 0 Å². The fraction of sp³-hybridized carbons (Fsp3) is 0.579. The fourth-order valence-corrected chi connectivity index (χ4v) is 3.54. The van der Waals surface area contributed by atoms with Crippen LogP contribution in [0.5, 0.6) is 5.75 Å². The largest absolute Gasteiger partial charge is 0.490 e. The Balaban J connectivity index is 1.84. The first-order chi connectivity index (χ1) is 11.3. The number of likely N-dealkylation sites (tertiary alicyclic amines) is 1. The Morgan fingerprint density at radius 3 is 2.50 bits per heavy atom. The van der Waals surface area contributed by atoms with E-state index < -0.39 is 11.6 Å². The van der Waals surface area contributed by atoms with E-state index in [1.807, 2.05) is 32.9 Å². The van der Waals surface area contributed by atoms with Gasteiger partial charge in [0.05, 0.1) is 6.07 Å². The lowest BCUT2D eigenvalue weighted by Gasteiger charge is -2.34. The Hall–Kier alpha value is -2.06. The molecule has 0 N–H and O–H groups in total. The molecule has 1 atom stereocenters. The molecule has 1 aromatic rings. The summed E-state index contributed by atoms with van der Waals surface area (Å²) in [7, 11) is 2.12. The van der Waals surface area contributed by atoms with Crippen molar-refractivity contribution < 1.29 is 9.53 Å². The number of fused-ring (bicyclic) bond motifs is 1. The van der Waals surface area contributed by atoms with E-state index in [0.717, 1.165) is 37.2 Å². The van der Waals surface area contributed by atoms with Crippen LogP contribution in [-0.2, 0) is 0 Å². The molecule has 2 aliphatic rings. The van der Waals surface area contributed by atoms with Crippen molar-refractivity contribution in [1.29, 1.82) is 5.26 Å². The molecular formula is C19H25N3O2. The van der Waals surface area contributed by atoms with E-state index in [1.54, 1.807) is 11.0 Å². The Kier molecular flexibility index (Phi) is 4.27. The van der Waals surface area contributed by atoms with E-state index in [-0.39, 0.29) is 12.0 Å². The topological polar surface area (TPSA) is 56.6 Å². The van der Waals surface area contributed by atoms with E-state index >= 15 is 0 Å². The summed E-state index contributed by atoms with van der Waals surface area (Å²) >= 11 is 0. The van der Waals surface area contributed by atoms with Crippen LogP contribution in [0.25, 0.3) is 0 Å². The highest BCUT2D eigenvalue weighted by Crippen LogP contribution is 2.40. The molecule has 0 aliphatic carbocycles. The number of carbonyl (C=O) groups is 1. The van der Waals surface area contributed by atoms with Gasteiger partial charge in [0, 0.05) is 29.8 Å². The minimum absolute atomic E-state index is 0.0742. The van der Waals surface area contributed by atoms with Crippen LogP contribution < -0.4 is 4.74 Å². The quantitative estimate of drug-likeness (QED) is 0.838. The van der Waals surface area contributed by atoms with Gasteiger partial charge in [0.1, 0.15) is 17.9 Å². The van der Waals surface area contributed by atoms with Gasteiger partial charge in [0.2, 0.25) is 0 Å². The lowest BCUT2D eigenvalue weighted by Crippen LogP contribution is -2.43. The third-order valence-corrected chi connectivity index (χ3v) is 4.84. The zero-order valence-electron chi connectivity index (χ0n) is 14.9. The second-order valence-corrected chi connectivity index (χ2v) is 7.75. The van der Waals surface area contributed by atoms with E-state index in [2.05, 4.69) is 18.0 Å². The zero-order chi connectivity index (χ0) is 17.5. The highest BCUT2D eigenvalue weighted by atomic mass is 16.5. The molecule has 0 spiro atoms. The van der Waals surface area contributed by atoms with Gasteiger partial charge in [-0.1, -0.05) is 0 Å². The molecule has 1 fully saturated rings. The number of rotatable bonds is 2. The number of nitriles is 1. The SMILES string of the molecule is CN1CCC(Oc2ccc3c(c2)C(C#N)N(C(C)(C)C)C3=O)CC1. The van der Waals surface area contributed by atoms with Crippen molar-refractivity contribution in [3.05, 3.63) is 29.3 Å². The molecule has 128 valence electrons. The molecule has 1 saturated heterocycles. The van der Waals surface area contributed by atoms with Crippen LogP contribution in [0.2, 0.25) is 0 Å². The Labute approximate surface area is 143 Å². The van der Waals surface area contributed by atoms with Crippen LogP contribution >= 0.6 is 0 Å². The van der Waals surface area contributed by atoms with Crippen LogP contribution in [0, 0.1) is 11.3 Å². The van der Waals surface area contributed by atoms with Crippen LogP contribution in [0.1, 0.15) is 55.6 Å². The summed E-state index contributed by atoms with van der Waals surface area (Å²) in [6, 6.07) is 7.28. The van der Waals surface area contributed by atoms with Crippen molar-refractivity contribution >= 4 is 5.91 Å². The number of ether oxygens (including phenoxy) is 1.